The Balaban J connectivity index is 1.82. The van der Waals surface area contributed by atoms with Crippen LogP contribution in [-0.2, 0) is 18.0 Å². The number of fused-ring (bicyclic) bond motifs is 3. The maximum atomic E-state index is 7.35. The van der Waals surface area contributed by atoms with Crippen LogP contribution in [-0.4, -0.2) is 37.2 Å². The third-order valence-electron chi connectivity index (χ3n) is 12.7. The lowest BCUT2D eigenvalue weighted by molar-refractivity contribution is -0.0483. The van der Waals surface area contributed by atoms with Crippen molar-refractivity contribution in [2.24, 2.45) is 11.8 Å². The smallest absolute Gasteiger partial charge is 0.250 e. The summed E-state index contributed by atoms with van der Waals surface area (Å²) in [6.45, 7) is 35.4. The van der Waals surface area contributed by atoms with Crippen molar-refractivity contribution in [3.05, 3.63) is 46.7 Å². The number of ether oxygens (including phenoxy) is 1. The number of allylic oxidation sites excluding steroid dienone is 3. The molecule has 0 saturated heterocycles. The second-order valence-electron chi connectivity index (χ2n) is 19.3. The van der Waals surface area contributed by atoms with Crippen LogP contribution < -0.4 is 0 Å². The summed E-state index contributed by atoms with van der Waals surface area (Å²) < 4.78 is 28.9. The first-order valence-corrected chi connectivity index (χ1v) is 27.2. The second kappa shape index (κ2) is 13.4. The average Bonchev–Trinajstić information content (AvgIpc) is 2.90. The van der Waals surface area contributed by atoms with Crippen LogP contribution in [0.25, 0.3) is 0 Å². The molecule has 0 unspecified atom stereocenters. The molecule has 4 atom stereocenters. The molecule has 4 nitrogen and oxygen atoms in total. The van der Waals surface area contributed by atoms with E-state index in [9.17, 15) is 0 Å². The van der Waals surface area contributed by atoms with E-state index in [2.05, 4.69) is 120 Å². The molecule has 262 valence electrons. The molecule has 4 aliphatic rings. The van der Waals surface area contributed by atoms with E-state index in [-0.39, 0.29) is 33.2 Å². The third-order valence-corrected chi connectivity index (χ3v) is 25.8. The van der Waals surface area contributed by atoms with Crippen molar-refractivity contribution in [2.75, 3.05) is 0 Å². The number of rotatable bonds is 8. The zero-order valence-electron chi connectivity index (χ0n) is 32.5. The van der Waals surface area contributed by atoms with Gasteiger partial charge in [-0.2, -0.15) is 0 Å². The Kier molecular flexibility index (Phi) is 11.0. The molecule has 1 heterocycles. The van der Waals surface area contributed by atoms with Crippen molar-refractivity contribution < 1.29 is 18.0 Å². The summed E-state index contributed by atoms with van der Waals surface area (Å²) in [5.41, 5.74) is 2.93. The van der Waals surface area contributed by atoms with Gasteiger partial charge in [-0.05, 0) is 129 Å². The van der Waals surface area contributed by atoms with Gasteiger partial charge >= 0.3 is 0 Å². The summed E-state index contributed by atoms with van der Waals surface area (Å²) in [6, 6.07) is 0. The van der Waals surface area contributed by atoms with Gasteiger partial charge in [0.2, 0.25) is 25.0 Å². The Bertz CT molecular complexity index is 1230. The molecule has 7 heteroatoms. The molecule has 1 aliphatic heterocycles. The van der Waals surface area contributed by atoms with Gasteiger partial charge in [0, 0.05) is 12.3 Å². The molecule has 0 aromatic heterocycles. The lowest BCUT2D eigenvalue weighted by atomic mass is 9.67. The standard InChI is InChI=1S/C39H70O4Si3/c1-37(2,3)44(10,11)41-32(28-21-17-16-18-22-28)25-29-26-35(43-46(14,15)39(7,8)9)36-31-24-20-19-23-30(31)33(27-34(36)40-29)42-45(12,13)38(4,5)6/h21,25-26,29,31,34,36H,16-20,22-24,27H2,1-15H3/b32-25-/t29-,31+,34-,36+/m0/s1. The maximum Gasteiger partial charge on any atom is 0.250 e. The highest BCUT2D eigenvalue weighted by atomic mass is 28.4. The zero-order valence-corrected chi connectivity index (χ0v) is 35.5. The summed E-state index contributed by atoms with van der Waals surface area (Å²) >= 11 is 0. The first-order valence-electron chi connectivity index (χ1n) is 18.5. The SMILES string of the molecule is CC(C)(C)[Si](C)(C)OC1=C[C@H](/C=C(\O[Si](C)(C)C(C)(C)C)C2=CCCCC2)O[C@H]2CC(O[Si](C)(C)C(C)(C)C)=C3CCCC[C@H]3[C@@H]12. The van der Waals surface area contributed by atoms with Crippen molar-refractivity contribution in [3.63, 3.8) is 0 Å². The average molecular weight is 687 g/mol. The fourth-order valence-corrected chi connectivity index (χ4v) is 9.85. The fraction of sp³-hybridized carbons (Fsp3) is 0.795. The van der Waals surface area contributed by atoms with Crippen LogP contribution in [0.4, 0.5) is 0 Å². The highest BCUT2D eigenvalue weighted by Gasteiger charge is 2.50. The normalized spacial score (nSPS) is 27.3. The van der Waals surface area contributed by atoms with E-state index in [1.807, 2.05) is 0 Å². The summed E-state index contributed by atoms with van der Waals surface area (Å²) in [5.74, 6) is 4.17. The predicted molar refractivity (Wildman–Crippen MR) is 203 cm³/mol. The van der Waals surface area contributed by atoms with E-state index in [0.29, 0.717) is 5.92 Å². The molecule has 1 fully saturated rings. The quantitative estimate of drug-likeness (QED) is 0.188. The predicted octanol–water partition coefficient (Wildman–Crippen LogP) is 12.6. The summed E-state index contributed by atoms with van der Waals surface area (Å²) in [5, 5.41) is 0.390. The van der Waals surface area contributed by atoms with Crippen LogP contribution >= 0.6 is 0 Å². The molecule has 3 aliphatic carbocycles. The summed E-state index contributed by atoms with van der Waals surface area (Å²) in [7, 11) is -6.16. The van der Waals surface area contributed by atoms with Crippen molar-refractivity contribution in [3.8, 4) is 0 Å². The minimum atomic E-state index is -2.09. The van der Waals surface area contributed by atoms with Crippen LogP contribution in [0, 0.1) is 11.8 Å². The van der Waals surface area contributed by atoms with E-state index in [4.69, 9.17) is 18.0 Å². The van der Waals surface area contributed by atoms with E-state index in [1.165, 1.54) is 49.2 Å². The first kappa shape index (κ1) is 37.8. The van der Waals surface area contributed by atoms with Gasteiger partial charge in [-0.15, -0.1) is 0 Å². The molecule has 0 aromatic rings. The Morgan fingerprint density at radius 2 is 1.35 bits per heavy atom. The lowest BCUT2D eigenvalue weighted by Crippen LogP contribution is -2.49. The van der Waals surface area contributed by atoms with Crippen LogP contribution in [0.15, 0.2) is 46.7 Å². The van der Waals surface area contributed by atoms with Gasteiger partial charge in [0.05, 0.1) is 17.6 Å². The topological polar surface area (TPSA) is 36.9 Å². The molecule has 0 aromatic carbocycles. The van der Waals surface area contributed by atoms with Gasteiger partial charge in [-0.1, -0.05) is 74.8 Å². The van der Waals surface area contributed by atoms with Crippen molar-refractivity contribution in [1.82, 2.24) is 0 Å². The van der Waals surface area contributed by atoms with Crippen molar-refractivity contribution in [2.45, 2.75) is 187 Å². The second-order valence-corrected chi connectivity index (χ2v) is 33.5. The van der Waals surface area contributed by atoms with Gasteiger partial charge in [0.15, 0.2) is 0 Å². The number of hydrogen-bond donors (Lipinski definition) is 0. The molecule has 1 saturated carbocycles. The van der Waals surface area contributed by atoms with Crippen molar-refractivity contribution >= 4 is 25.0 Å². The van der Waals surface area contributed by atoms with Gasteiger partial charge in [0.1, 0.15) is 11.9 Å². The molecule has 0 bridgehead atoms. The van der Waals surface area contributed by atoms with Gasteiger partial charge in [0.25, 0.3) is 0 Å². The van der Waals surface area contributed by atoms with Gasteiger partial charge in [-0.25, -0.2) is 0 Å². The highest BCUT2D eigenvalue weighted by molar-refractivity contribution is 6.75. The molecule has 0 spiro atoms. The summed E-state index contributed by atoms with van der Waals surface area (Å²) in [4.78, 5) is 0. The number of hydrogen-bond acceptors (Lipinski definition) is 4. The van der Waals surface area contributed by atoms with E-state index >= 15 is 0 Å². The highest BCUT2D eigenvalue weighted by Crippen LogP contribution is 2.53. The van der Waals surface area contributed by atoms with E-state index in [1.54, 1.807) is 5.57 Å². The molecule has 0 N–H and O–H groups in total. The van der Waals surface area contributed by atoms with E-state index in [0.717, 1.165) is 31.4 Å². The third kappa shape index (κ3) is 8.22. The monoisotopic (exact) mass is 686 g/mol. The van der Waals surface area contributed by atoms with E-state index < -0.39 is 25.0 Å². The molecular formula is C39H70O4Si3. The van der Waals surface area contributed by atoms with Crippen molar-refractivity contribution in [1.29, 1.82) is 0 Å². The Morgan fingerprint density at radius 1 is 0.761 bits per heavy atom. The minimum absolute atomic E-state index is 0.0343. The maximum absolute atomic E-state index is 7.35. The molecule has 4 rings (SSSR count). The fourth-order valence-electron chi connectivity index (χ4n) is 6.56. The first-order chi connectivity index (χ1) is 20.9. The summed E-state index contributed by atoms with van der Waals surface area (Å²) in [6.07, 6.45) is 17.3. The van der Waals surface area contributed by atoms with Crippen LogP contribution in [0.1, 0.15) is 120 Å². The molecule has 0 radical (unpaired) electrons. The Hall–Kier alpha value is -1.03. The Labute approximate surface area is 287 Å². The largest absolute Gasteiger partial charge is 0.546 e. The van der Waals surface area contributed by atoms with Gasteiger partial charge < -0.3 is 18.0 Å². The van der Waals surface area contributed by atoms with Crippen LogP contribution in [0.2, 0.25) is 54.4 Å². The van der Waals surface area contributed by atoms with Crippen LogP contribution in [0.5, 0.6) is 0 Å². The van der Waals surface area contributed by atoms with Crippen LogP contribution in [0.3, 0.4) is 0 Å². The molecule has 46 heavy (non-hydrogen) atoms. The zero-order chi connectivity index (χ0) is 34.5. The molecule has 0 amide bonds. The van der Waals surface area contributed by atoms with Gasteiger partial charge in [-0.3, -0.25) is 0 Å². The minimum Gasteiger partial charge on any atom is -0.546 e. The lowest BCUT2D eigenvalue weighted by Gasteiger charge is -2.50. The molecular weight excluding hydrogens is 617 g/mol. The Morgan fingerprint density at radius 3 is 1.91 bits per heavy atom.